The number of carbonyl (C=O) groups excluding carboxylic acids is 1. The number of nitrogens with two attached hydrogens (primary N) is 1. The van der Waals surface area contributed by atoms with Gasteiger partial charge < -0.3 is 15.4 Å². The molecule has 0 aliphatic heterocycles. The number of hydrogen-bond donors (Lipinski definition) is 1. The fourth-order valence-corrected chi connectivity index (χ4v) is 3.23. The molecule has 1 fully saturated rings. The molecular formula is C17H26N2O2. The van der Waals surface area contributed by atoms with Gasteiger partial charge in [-0.2, -0.15) is 0 Å². The Kier molecular flexibility index (Phi) is 5.10. The van der Waals surface area contributed by atoms with E-state index in [1.165, 1.54) is 19.3 Å². The van der Waals surface area contributed by atoms with Gasteiger partial charge in [-0.1, -0.05) is 25.3 Å². The molecule has 0 spiro atoms. The largest absolute Gasteiger partial charge is 0.495 e. The van der Waals surface area contributed by atoms with E-state index in [0.717, 1.165) is 12.8 Å². The Labute approximate surface area is 127 Å². The molecule has 21 heavy (non-hydrogen) atoms. The lowest BCUT2D eigenvalue weighted by molar-refractivity contribution is 0.0556. The molecule has 0 bridgehead atoms. The van der Waals surface area contributed by atoms with Crippen LogP contribution in [0.25, 0.3) is 0 Å². The summed E-state index contributed by atoms with van der Waals surface area (Å²) in [6, 6.07) is 5.90. The van der Waals surface area contributed by atoms with Gasteiger partial charge in [0.1, 0.15) is 5.75 Å². The number of nitrogens with zero attached hydrogens (tertiary/aromatic N) is 1. The third-order valence-corrected chi connectivity index (χ3v) is 4.28. The Morgan fingerprint density at radius 3 is 2.52 bits per heavy atom. The maximum atomic E-state index is 13.0. The van der Waals surface area contributed by atoms with Gasteiger partial charge in [-0.3, -0.25) is 4.79 Å². The van der Waals surface area contributed by atoms with Gasteiger partial charge in [0.05, 0.1) is 18.4 Å². The van der Waals surface area contributed by atoms with Crippen LogP contribution in [0.4, 0.5) is 5.69 Å². The summed E-state index contributed by atoms with van der Waals surface area (Å²) in [6.45, 7) is 4.14. The van der Waals surface area contributed by atoms with Crippen LogP contribution < -0.4 is 10.5 Å². The molecular weight excluding hydrogens is 264 g/mol. The summed E-state index contributed by atoms with van der Waals surface area (Å²) in [5.41, 5.74) is 7.08. The maximum absolute atomic E-state index is 13.0. The first-order valence-electron chi connectivity index (χ1n) is 7.81. The summed E-state index contributed by atoms with van der Waals surface area (Å²) in [4.78, 5) is 15.0. The first kappa shape index (κ1) is 15.7. The average Bonchev–Trinajstić information content (AvgIpc) is 2.48. The van der Waals surface area contributed by atoms with Gasteiger partial charge in [-0.15, -0.1) is 0 Å². The summed E-state index contributed by atoms with van der Waals surface area (Å²) in [5.74, 6) is 0.585. The topological polar surface area (TPSA) is 55.6 Å². The van der Waals surface area contributed by atoms with Crippen LogP contribution in [0.15, 0.2) is 18.2 Å². The number of hydrogen-bond acceptors (Lipinski definition) is 3. The normalized spacial score (nSPS) is 16.0. The van der Waals surface area contributed by atoms with Gasteiger partial charge in [0.15, 0.2) is 0 Å². The monoisotopic (exact) mass is 290 g/mol. The van der Waals surface area contributed by atoms with Crippen LogP contribution in [-0.2, 0) is 0 Å². The van der Waals surface area contributed by atoms with E-state index in [9.17, 15) is 4.79 Å². The van der Waals surface area contributed by atoms with Crippen molar-refractivity contribution in [1.82, 2.24) is 4.90 Å². The Bertz CT molecular complexity index is 494. The number of ether oxygens (including phenoxy) is 1. The Balaban J connectivity index is 2.30. The molecule has 2 rings (SSSR count). The quantitative estimate of drug-likeness (QED) is 0.864. The van der Waals surface area contributed by atoms with Gasteiger partial charge in [-0.25, -0.2) is 0 Å². The predicted molar refractivity (Wildman–Crippen MR) is 85.6 cm³/mol. The van der Waals surface area contributed by atoms with E-state index in [1.807, 2.05) is 11.0 Å². The minimum atomic E-state index is 0.0216. The van der Waals surface area contributed by atoms with E-state index in [2.05, 4.69) is 13.8 Å². The molecule has 0 saturated heterocycles. The van der Waals surface area contributed by atoms with Crippen molar-refractivity contribution in [2.24, 2.45) is 0 Å². The van der Waals surface area contributed by atoms with E-state index in [0.29, 0.717) is 23.0 Å². The molecule has 0 aromatic heterocycles. The Hall–Kier alpha value is -1.71. The Morgan fingerprint density at radius 1 is 1.29 bits per heavy atom. The van der Waals surface area contributed by atoms with Crippen molar-refractivity contribution in [1.29, 1.82) is 0 Å². The molecule has 1 aromatic carbocycles. The molecule has 116 valence electrons. The van der Waals surface area contributed by atoms with Gasteiger partial charge in [0.2, 0.25) is 0 Å². The van der Waals surface area contributed by atoms with Gasteiger partial charge in [0.25, 0.3) is 5.91 Å². The average molecular weight is 290 g/mol. The summed E-state index contributed by atoms with van der Waals surface area (Å²) < 4.78 is 5.23. The van der Waals surface area contributed by atoms with E-state index < -0.39 is 0 Å². The smallest absolute Gasteiger partial charge is 0.256 e. The van der Waals surface area contributed by atoms with Crippen molar-refractivity contribution in [3.63, 3.8) is 0 Å². The van der Waals surface area contributed by atoms with Gasteiger partial charge in [-0.05, 0) is 38.8 Å². The Morgan fingerprint density at radius 2 is 1.95 bits per heavy atom. The molecule has 2 N–H and O–H groups in total. The van der Waals surface area contributed by atoms with Crippen LogP contribution in [0.5, 0.6) is 5.75 Å². The molecule has 0 radical (unpaired) electrons. The van der Waals surface area contributed by atoms with Crippen LogP contribution in [0.2, 0.25) is 0 Å². The number of methoxy groups -OCH3 is 1. The van der Waals surface area contributed by atoms with Gasteiger partial charge in [0, 0.05) is 12.1 Å². The minimum Gasteiger partial charge on any atom is -0.495 e. The molecule has 4 nitrogen and oxygen atoms in total. The third kappa shape index (κ3) is 3.31. The minimum absolute atomic E-state index is 0.0216. The highest BCUT2D eigenvalue weighted by molar-refractivity contribution is 6.00. The highest BCUT2D eigenvalue weighted by Crippen LogP contribution is 2.30. The van der Waals surface area contributed by atoms with Crippen molar-refractivity contribution in [3.05, 3.63) is 23.8 Å². The third-order valence-electron chi connectivity index (χ3n) is 4.28. The number of benzene rings is 1. The second kappa shape index (κ2) is 6.83. The lowest BCUT2D eigenvalue weighted by Crippen LogP contribution is -2.46. The van der Waals surface area contributed by atoms with E-state index in [1.54, 1.807) is 19.2 Å². The van der Waals surface area contributed by atoms with Crippen LogP contribution in [-0.4, -0.2) is 30.0 Å². The van der Waals surface area contributed by atoms with Crippen LogP contribution >= 0.6 is 0 Å². The van der Waals surface area contributed by atoms with E-state index >= 15 is 0 Å². The van der Waals surface area contributed by atoms with Crippen molar-refractivity contribution in [3.8, 4) is 5.75 Å². The highest BCUT2D eigenvalue weighted by Gasteiger charge is 2.29. The first-order chi connectivity index (χ1) is 10.1. The lowest BCUT2D eigenvalue weighted by Gasteiger charge is -2.37. The van der Waals surface area contributed by atoms with Gasteiger partial charge >= 0.3 is 0 Å². The maximum Gasteiger partial charge on any atom is 0.256 e. The number of carbonyl (C=O) groups is 1. The molecule has 4 heteroatoms. The fraction of sp³-hybridized carbons (Fsp3) is 0.588. The lowest BCUT2D eigenvalue weighted by atomic mass is 9.92. The predicted octanol–water partition coefficient (Wildman–Crippen LogP) is 3.46. The second-order valence-corrected chi connectivity index (χ2v) is 6.02. The SMILES string of the molecule is COc1cccc(C(=O)N(C(C)C)C2CCCCC2)c1N. The zero-order chi connectivity index (χ0) is 15.4. The zero-order valence-corrected chi connectivity index (χ0v) is 13.3. The van der Waals surface area contributed by atoms with Crippen LogP contribution in [0.3, 0.4) is 0 Å². The number of para-hydroxylation sites is 1. The molecule has 1 aliphatic carbocycles. The van der Waals surface area contributed by atoms with Crippen molar-refractivity contribution >= 4 is 11.6 Å². The van der Waals surface area contributed by atoms with Crippen molar-refractivity contribution in [2.45, 2.75) is 58.0 Å². The van der Waals surface area contributed by atoms with Crippen LogP contribution in [0.1, 0.15) is 56.3 Å². The molecule has 1 amide bonds. The summed E-state index contributed by atoms with van der Waals surface area (Å²) in [7, 11) is 1.57. The molecule has 1 saturated carbocycles. The second-order valence-electron chi connectivity index (χ2n) is 6.02. The fourth-order valence-electron chi connectivity index (χ4n) is 3.23. The highest BCUT2D eigenvalue weighted by atomic mass is 16.5. The number of amides is 1. The summed E-state index contributed by atoms with van der Waals surface area (Å²) in [6.07, 6.45) is 5.86. The zero-order valence-electron chi connectivity index (χ0n) is 13.3. The van der Waals surface area contributed by atoms with Crippen molar-refractivity contribution in [2.75, 3.05) is 12.8 Å². The molecule has 0 heterocycles. The van der Waals surface area contributed by atoms with E-state index in [4.69, 9.17) is 10.5 Å². The van der Waals surface area contributed by atoms with Crippen molar-refractivity contribution < 1.29 is 9.53 Å². The standard InChI is InChI=1S/C17H26N2O2/c1-12(2)19(13-8-5-4-6-9-13)17(20)14-10-7-11-15(21-3)16(14)18/h7,10-13H,4-6,8-9,18H2,1-3H3. The number of nitrogen functional groups attached to an aromatic ring is 1. The molecule has 0 unspecified atom stereocenters. The van der Waals surface area contributed by atoms with E-state index in [-0.39, 0.29) is 11.9 Å². The number of rotatable bonds is 4. The molecule has 1 aromatic rings. The molecule has 1 aliphatic rings. The number of anilines is 1. The first-order valence-corrected chi connectivity index (χ1v) is 7.81. The summed E-state index contributed by atoms with van der Waals surface area (Å²) in [5, 5.41) is 0. The molecule has 0 atom stereocenters. The summed E-state index contributed by atoms with van der Waals surface area (Å²) >= 11 is 0. The van der Waals surface area contributed by atoms with Crippen LogP contribution in [0, 0.1) is 0 Å².